The molecule has 31 heavy (non-hydrogen) atoms. The van der Waals surface area contributed by atoms with Crippen molar-refractivity contribution in [3.63, 3.8) is 0 Å². The molecular weight excluding hydrogens is 412 g/mol. The molecule has 4 aromatic rings. The number of hydrogen-bond acceptors (Lipinski definition) is 4. The largest absolute Gasteiger partial charge is 0.489 e. The third-order valence-electron chi connectivity index (χ3n) is 5.87. The molecule has 0 radical (unpaired) electrons. The van der Waals surface area contributed by atoms with Crippen LogP contribution in [0, 0.1) is 0 Å². The van der Waals surface area contributed by atoms with Gasteiger partial charge in [0.25, 0.3) is 5.56 Å². The molecule has 0 saturated heterocycles. The second kappa shape index (κ2) is 7.13. The SMILES string of the molecule is Cn1cc(-c2cc(S(C)(=O)=O)ccc2OC2Cc3ccccc3C2)c2cc[nH]c2c1=O. The summed E-state index contributed by atoms with van der Waals surface area (Å²) in [6, 6.07) is 15.0. The maximum atomic E-state index is 12.5. The molecule has 0 bridgehead atoms. The zero-order valence-electron chi connectivity index (χ0n) is 17.3. The topological polar surface area (TPSA) is 81.2 Å². The maximum Gasteiger partial charge on any atom is 0.274 e. The number of aromatic amines is 1. The standard InChI is InChI=1S/C24H22N2O4S/c1-26-14-21(19-9-10-25-23(19)24(26)27)20-13-18(31(2,28)29)7-8-22(20)30-17-11-15-5-3-4-6-16(15)12-17/h3-10,13-14,17,25H,11-12H2,1-2H3. The number of aryl methyl sites for hydroxylation is 1. The molecule has 2 heterocycles. The molecule has 0 aliphatic heterocycles. The molecule has 1 N–H and O–H groups in total. The van der Waals surface area contributed by atoms with Crippen LogP contribution in [0.4, 0.5) is 0 Å². The summed E-state index contributed by atoms with van der Waals surface area (Å²) in [5, 5.41) is 0.730. The predicted octanol–water partition coefficient (Wildman–Crippen LogP) is 3.48. The molecule has 1 aliphatic rings. The molecule has 2 aromatic carbocycles. The number of H-pyrrole nitrogens is 1. The number of benzene rings is 2. The van der Waals surface area contributed by atoms with Crippen molar-refractivity contribution < 1.29 is 13.2 Å². The van der Waals surface area contributed by atoms with Crippen LogP contribution in [0.1, 0.15) is 11.1 Å². The molecule has 7 heteroatoms. The third-order valence-corrected chi connectivity index (χ3v) is 6.98. The second-order valence-electron chi connectivity index (χ2n) is 8.07. The maximum absolute atomic E-state index is 12.5. The summed E-state index contributed by atoms with van der Waals surface area (Å²) in [6.07, 6.45) is 6.20. The molecule has 0 fully saturated rings. The summed E-state index contributed by atoms with van der Waals surface area (Å²) >= 11 is 0. The molecule has 0 spiro atoms. The van der Waals surface area contributed by atoms with Gasteiger partial charge in [0, 0.05) is 55.1 Å². The number of nitrogens with one attached hydrogen (secondary N) is 1. The van der Waals surface area contributed by atoms with E-state index in [1.54, 1.807) is 37.6 Å². The first-order chi connectivity index (χ1) is 14.8. The minimum Gasteiger partial charge on any atom is -0.489 e. The summed E-state index contributed by atoms with van der Waals surface area (Å²) < 4.78 is 32.4. The molecule has 158 valence electrons. The van der Waals surface area contributed by atoms with Crippen molar-refractivity contribution in [1.29, 1.82) is 0 Å². The molecule has 0 saturated carbocycles. The van der Waals surface area contributed by atoms with Crippen LogP contribution in [0.15, 0.2) is 70.6 Å². The lowest BCUT2D eigenvalue weighted by Crippen LogP contribution is -2.18. The number of aromatic nitrogens is 2. The van der Waals surface area contributed by atoms with Gasteiger partial charge in [-0.3, -0.25) is 4.79 Å². The number of ether oxygens (including phenoxy) is 1. The van der Waals surface area contributed by atoms with Gasteiger partial charge in [-0.25, -0.2) is 8.42 Å². The van der Waals surface area contributed by atoms with E-state index in [1.165, 1.54) is 21.9 Å². The molecule has 0 atom stereocenters. The van der Waals surface area contributed by atoms with E-state index in [9.17, 15) is 13.2 Å². The molecule has 2 aromatic heterocycles. The highest BCUT2D eigenvalue weighted by Crippen LogP contribution is 2.37. The van der Waals surface area contributed by atoms with Crippen molar-refractivity contribution in [3.8, 4) is 16.9 Å². The average Bonchev–Trinajstić information content (AvgIpc) is 3.37. The van der Waals surface area contributed by atoms with Crippen LogP contribution in [0.5, 0.6) is 5.75 Å². The first-order valence-electron chi connectivity index (χ1n) is 10.1. The number of rotatable bonds is 4. The number of fused-ring (bicyclic) bond motifs is 2. The molecule has 5 rings (SSSR count). The van der Waals surface area contributed by atoms with Crippen LogP contribution in [0.3, 0.4) is 0 Å². The Morgan fingerprint density at radius 2 is 1.74 bits per heavy atom. The van der Waals surface area contributed by atoms with Crippen LogP contribution in [-0.4, -0.2) is 30.3 Å². The molecule has 0 amide bonds. The zero-order chi connectivity index (χ0) is 21.8. The summed E-state index contributed by atoms with van der Waals surface area (Å²) in [4.78, 5) is 15.7. The monoisotopic (exact) mass is 434 g/mol. The van der Waals surface area contributed by atoms with E-state index in [4.69, 9.17) is 4.74 Å². The Hall–Kier alpha value is -3.32. The van der Waals surface area contributed by atoms with Crippen LogP contribution in [0.25, 0.3) is 22.0 Å². The van der Waals surface area contributed by atoms with Crippen molar-refractivity contribution in [2.75, 3.05) is 6.26 Å². The van der Waals surface area contributed by atoms with Crippen molar-refractivity contribution in [2.24, 2.45) is 7.05 Å². The lowest BCUT2D eigenvalue weighted by molar-refractivity contribution is 0.215. The van der Waals surface area contributed by atoms with E-state index >= 15 is 0 Å². The summed E-state index contributed by atoms with van der Waals surface area (Å²) in [5.74, 6) is 0.603. The van der Waals surface area contributed by atoms with Gasteiger partial charge in [-0.1, -0.05) is 24.3 Å². The van der Waals surface area contributed by atoms with Gasteiger partial charge >= 0.3 is 0 Å². The fraction of sp³-hybridized carbons (Fsp3) is 0.208. The molecule has 6 nitrogen and oxygen atoms in total. The van der Waals surface area contributed by atoms with Crippen molar-refractivity contribution in [1.82, 2.24) is 9.55 Å². The Balaban J connectivity index is 1.65. The summed E-state index contributed by atoms with van der Waals surface area (Å²) in [7, 11) is -1.73. The van der Waals surface area contributed by atoms with Crippen LogP contribution < -0.4 is 10.3 Å². The van der Waals surface area contributed by atoms with E-state index in [0.29, 0.717) is 16.8 Å². The van der Waals surface area contributed by atoms with E-state index in [1.807, 2.05) is 18.2 Å². The third kappa shape index (κ3) is 3.45. The van der Waals surface area contributed by atoms with Crippen molar-refractivity contribution >= 4 is 20.7 Å². The Kier molecular flexibility index (Phi) is 4.51. The van der Waals surface area contributed by atoms with Crippen LogP contribution >= 0.6 is 0 Å². The van der Waals surface area contributed by atoms with Gasteiger partial charge in [-0.05, 0) is 35.4 Å². The van der Waals surface area contributed by atoms with Gasteiger partial charge in [0.1, 0.15) is 17.4 Å². The van der Waals surface area contributed by atoms with E-state index < -0.39 is 9.84 Å². The lowest BCUT2D eigenvalue weighted by Gasteiger charge is -2.18. The van der Waals surface area contributed by atoms with Gasteiger partial charge < -0.3 is 14.3 Å². The van der Waals surface area contributed by atoms with Crippen molar-refractivity contribution in [2.45, 2.75) is 23.8 Å². The second-order valence-corrected chi connectivity index (χ2v) is 10.1. The zero-order valence-corrected chi connectivity index (χ0v) is 18.1. The minimum absolute atomic E-state index is 0.0329. The van der Waals surface area contributed by atoms with Crippen LogP contribution in [0.2, 0.25) is 0 Å². The number of hydrogen-bond donors (Lipinski definition) is 1. The number of pyridine rings is 1. The highest BCUT2D eigenvalue weighted by molar-refractivity contribution is 7.90. The van der Waals surface area contributed by atoms with Gasteiger partial charge in [-0.2, -0.15) is 0 Å². The van der Waals surface area contributed by atoms with Crippen LogP contribution in [-0.2, 0) is 29.7 Å². The normalized spacial score (nSPS) is 14.1. The Labute approximate surface area is 180 Å². The first kappa shape index (κ1) is 19.6. The molecular formula is C24H22N2O4S. The average molecular weight is 435 g/mol. The van der Waals surface area contributed by atoms with Gasteiger partial charge in [0.15, 0.2) is 9.84 Å². The fourth-order valence-corrected chi connectivity index (χ4v) is 4.97. The van der Waals surface area contributed by atoms with Gasteiger partial charge in [0.05, 0.1) is 4.90 Å². The van der Waals surface area contributed by atoms with E-state index in [2.05, 4.69) is 17.1 Å². The Morgan fingerprint density at radius 3 is 2.42 bits per heavy atom. The summed E-state index contributed by atoms with van der Waals surface area (Å²) in [6.45, 7) is 0. The molecule has 1 aliphatic carbocycles. The van der Waals surface area contributed by atoms with Gasteiger partial charge in [-0.15, -0.1) is 0 Å². The van der Waals surface area contributed by atoms with E-state index in [-0.39, 0.29) is 16.6 Å². The Morgan fingerprint density at radius 1 is 1.03 bits per heavy atom. The quantitative estimate of drug-likeness (QED) is 0.533. The number of sulfone groups is 1. The highest BCUT2D eigenvalue weighted by Gasteiger charge is 2.25. The fourth-order valence-electron chi connectivity index (χ4n) is 4.32. The summed E-state index contributed by atoms with van der Waals surface area (Å²) in [5.41, 5.74) is 4.28. The lowest BCUT2D eigenvalue weighted by atomic mass is 10.0. The first-order valence-corrected chi connectivity index (χ1v) is 11.9. The minimum atomic E-state index is -3.41. The number of nitrogens with zero attached hydrogens (tertiary/aromatic N) is 1. The molecule has 0 unspecified atom stereocenters. The van der Waals surface area contributed by atoms with Gasteiger partial charge in [0.2, 0.25) is 0 Å². The smallest absolute Gasteiger partial charge is 0.274 e. The predicted molar refractivity (Wildman–Crippen MR) is 120 cm³/mol. The van der Waals surface area contributed by atoms with E-state index in [0.717, 1.165) is 23.8 Å². The Bertz CT molecular complexity index is 1460. The van der Waals surface area contributed by atoms with Crippen molar-refractivity contribution in [3.05, 3.63) is 82.4 Å². The highest BCUT2D eigenvalue weighted by atomic mass is 32.2.